The quantitative estimate of drug-likeness (QED) is 0.313. The molecule has 172 valence electrons. The highest BCUT2D eigenvalue weighted by Gasteiger charge is 2.28. The number of hydrogen-bond acceptors (Lipinski definition) is 10. The average Bonchev–Trinajstić information content (AvgIpc) is 3.47. The Morgan fingerprint density at radius 2 is 2.21 bits per heavy atom. The lowest BCUT2D eigenvalue weighted by Gasteiger charge is -2.12. The molecule has 1 aliphatic rings. The van der Waals surface area contributed by atoms with Gasteiger partial charge in [-0.05, 0) is 31.4 Å². The van der Waals surface area contributed by atoms with Crippen LogP contribution < -0.4 is 16.8 Å². The number of anilines is 1. The Kier molecular flexibility index (Phi) is 6.83. The predicted molar refractivity (Wildman–Crippen MR) is 124 cm³/mol. The molecule has 33 heavy (non-hydrogen) atoms. The van der Waals surface area contributed by atoms with Crippen molar-refractivity contribution in [2.24, 2.45) is 22.4 Å². The number of ether oxygens (including phenoxy) is 1. The Balaban J connectivity index is 1.52. The first kappa shape index (κ1) is 22.3. The molecule has 3 aromatic heterocycles. The SMILES string of the molecule is COCCN=CC(=CN)c1ccc(-n2nnc3cnc(N[C@@H]4CC[C@@H](C(N)=O)C4)nc32)nc1. The van der Waals surface area contributed by atoms with Crippen molar-refractivity contribution in [1.29, 1.82) is 0 Å². The number of aliphatic imine (C=N–C) groups is 1. The molecular weight excluding hydrogens is 424 g/mol. The molecule has 0 radical (unpaired) electrons. The van der Waals surface area contributed by atoms with Gasteiger partial charge in [0.25, 0.3) is 0 Å². The number of hydrogen-bond donors (Lipinski definition) is 3. The summed E-state index contributed by atoms with van der Waals surface area (Å²) in [6, 6.07) is 3.77. The largest absolute Gasteiger partial charge is 0.404 e. The maximum atomic E-state index is 11.4. The molecule has 0 aliphatic heterocycles. The molecule has 2 atom stereocenters. The van der Waals surface area contributed by atoms with Gasteiger partial charge in [0.1, 0.15) is 0 Å². The molecule has 0 spiro atoms. The number of methoxy groups -OCH3 is 1. The number of fused-ring (bicyclic) bond motifs is 1. The van der Waals surface area contributed by atoms with E-state index in [-0.39, 0.29) is 17.9 Å². The number of nitrogens with one attached hydrogen (secondary N) is 1. The highest BCUT2D eigenvalue weighted by atomic mass is 16.5. The van der Waals surface area contributed by atoms with Crippen LogP contribution in [0.2, 0.25) is 0 Å². The minimum atomic E-state index is -0.263. The summed E-state index contributed by atoms with van der Waals surface area (Å²) in [6.45, 7) is 1.08. The third-order valence-electron chi connectivity index (χ3n) is 5.49. The molecule has 0 aromatic carbocycles. The zero-order valence-corrected chi connectivity index (χ0v) is 18.3. The van der Waals surface area contributed by atoms with E-state index in [0.29, 0.717) is 42.5 Å². The number of aromatic nitrogens is 6. The average molecular weight is 451 g/mol. The third kappa shape index (κ3) is 5.12. The maximum absolute atomic E-state index is 11.4. The first-order valence-electron chi connectivity index (χ1n) is 10.6. The topological polar surface area (TPSA) is 172 Å². The number of carbonyl (C=O) groups excluding carboxylic acids is 1. The number of rotatable bonds is 9. The van der Waals surface area contributed by atoms with Gasteiger partial charge < -0.3 is 21.5 Å². The fraction of sp³-hybridized carbons (Fsp3) is 0.381. The van der Waals surface area contributed by atoms with Crippen LogP contribution in [-0.2, 0) is 9.53 Å². The van der Waals surface area contributed by atoms with E-state index in [2.05, 4.69) is 35.6 Å². The van der Waals surface area contributed by atoms with Crippen LogP contribution in [0.15, 0.2) is 35.7 Å². The van der Waals surface area contributed by atoms with E-state index in [1.165, 1.54) is 6.20 Å². The molecule has 0 saturated heterocycles. The van der Waals surface area contributed by atoms with E-state index in [9.17, 15) is 4.79 Å². The van der Waals surface area contributed by atoms with E-state index < -0.39 is 0 Å². The van der Waals surface area contributed by atoms with Crippen LogP contribution in [0.1, 0.15) is 24.8 Å². The monoisotopic (exact) mass is 450 g/mol. The molecular formula is C21H26N10O2. The van der Waals surface area contributed by atoms with Crippen molar-refractivity contribution in [3.05, 3.63) is 36.3 Å². The summed E-state index contributed by atoms with van der Waals surface area (Å²) in [5.41, 5.74) is 13.8. The predicted octanol–water partition coefficient (Wildman–Crippen LogP) is 0.688. The molecule has 1 amide bonds. The third-order valence-corrected chi connectivity index (χ3v) is 5.49. The number of carbonyl (C=O) groups is 1. The molecule has 1 aliphatic carbocycles. The molecule has 1 fully saturated rings. The molecule has 4 rings (SSSR count). The van der Waals surface area contributed by atoms with Gasteiger partial charge in [0, 0.05) is 48.8 Å². The fourth-order valence-electron chi connectivity index (χ4n) is 3.71. The van der Waals surface area contributed by atoms with E-state index in [4.69, 9.17) is 16.2 Å². The first-order chi connectivity index (χ1) is 16.1. The van der Waals surface area contributed by atoms with Gasteiger partial charge >= 0.3 is 0 Å². The molecule has 5 N–H and O–H groups in total. The van der Waals surface area contributed by atoms with Crippen LogP contribution in [0.3, 0.4) is 0 Å². The molecule has 3 aromatic rings. The Morgan fingerprint density at radius 1 is 1.33 bits per heavy atom. The Morgan fingerprint density at radius 3 is 2.91 bits per heavy atom. The van der Waals surface area contributed by atoms with Crippen molar-refractivity contribution in [3.8, 4) is 5.82 Å². The summed E-state index contributed by atoms with van der Waals surface area (Å²) in [4.78, 5) is 29.1. The van der Waals surface area contributed by atoms with Crippen LogP contribution in [0.4, 0.5) is 5.95 Å². The lowest BCUT2D eigenvalue weighted by molar-refractivity contribution is -0.121. The van der Waals surface area contributed by atoms with Gasteiger partial charge in [-0.2, -0.15) is 9.67 Å². The zero-order valence-electron chi connectivity index (χ0n) is 18.3. The molecule has 3 heterocycles. The molecule has 1 saturated carbocycles. The van der Waals surface area contributed by atoms with Gasteiger partial charge in [0.15, 0.2) is 17.0 Å². The summed E-state index contributed by atoms with van der Waals surface area (Å²) in [5, 5.41) is 11.6. The van der Waals surface area contributed by atoms with Crippen LogP contribution in [0.5, 0.6) is 0 Å². The van der Waals surface area contributed by atoms with Gasteiger partial charge in [0.2, 0.25) is 11.9 Å². The second-order valence-corrected chi connectivity index (χ2v) is 7.71. The van der Waals surface area contributed by atoms with Crippen molar-refractivity contribution in [1.82, 2.24) is 29.9 Å². The number of amides is 1. The number of pyridine rings is 1. The Labute approximate surface area is 190 Å². The molecule has 0 unspecified atom stereocenters. The summed E-state index contributed by atoms with van der Waals surface area (Å²) >= 11 is 0. The van der Waals surface area contributed by atoms with Crippen LogP contribution in [-0.4, -0.2) is 68.4 Å². The summed E-state index contributed by atoms with van der Waals surface area (Å²) in [6.07, 6.45) is 8.74. The first-order valence-corrected chi connectivity index (χ1v) is 10.6. The van der Waals surface area contributed by atoms with E-state index in [0.717, 1.165) is 24.0 Å². The lowest BCUT2D eigenvalue weighted by Crippen LogP contribution is -2.23. The zero-order chi connectivity index (χ0) is 23.2. The minimum Gasteiger partial charge on any atom is -0.404 e. The molecule has 12 heteroatoms. The smallest absolute Gasteiger partial charge is 0.225 e. The Hall–Kier alpha value is -3.93. The van der Waals surface area contributed by atoms with Crippen molar-refractivity contribution in [2.45, 2.75) is 25.3 Å². The van der Waals surface area contributed by atoms with Gasteiger partial charge in [-0.1, -0.05) is 5.21 Å². The van der Waals surface area contributed by atoms with Crippen LogP contribution in [0, 0.1) is 5.92 Å². The number of primary amides is 1. The highest BCUT2D eigenvalue weighted by Crippen LogP contribution is 2.27. The van der Waals surface area contributed by atoms with Crippen molar-refractivity contribution in [2.75, 3.05) is 25.6 Å². The second kappa shape index (κ2) is 10.1. The fourth-order valence-corrected chi connectivity index (χ4v) is 3.71. The number of nitrogens with zero attached hydrogens (tertiary/aromatic N) is 7. The Bertz CT molecular complexity index is 1170. The van der Waals surface area contributed by atoms with Crippen LogP contribution >= 0.6 is 0 Å². The van der Waals surface area contributed by atoms with Crippen molar-refractivity contribution >= 4 is 34.8 Å². The van der Waals surface area contributed by atoms with Gasteiger partial charge in [-0.3, -0.25) is 9.79 Å². The van der Waals surface area contributed by atoms with Gasteiger partial charge in [-0.25, -0.2) is 9.97 Å². The number of nitrogens with two attached hydrogens (primary N) is 2. The summed E-state index contributed by atoms with van der Waals surface area (Å²) in [5.74, 6) is 0.617. The highest BCUT2D eigenvalue weighted by molar-refractivity contribution is 6.09. The molecule has 0 bridgehead atoms. The van der Waals surface area contributed by atoms with Gasteiger partial charge in [0.05, 0.1) is 19.3 Å². The minimum absolute atomic E-state index is 0.0914. The molecule has 12 nitrogen and oxygen atoms in total. The van der Waals surface area contributed by atoms with Crippen molar-refractivity contribution in [3.63, 3.8) is 0 Å². The summed E-state index contributed by atoms with van der Waals surface area (Å²) < 4.78 is 6.54. The van der Waals surface area contributed by atoms with Crippen LogP contribution in [0.25, 0.3) is 22.6 Å². The standard InChI is InChI=1S/C21H26N10O2/c1-33-7-6-24-10-15(9-22)14-3-5-18(25-11-14)31-20-17(29-30-31)12-26-21(28-20)27-16-4-2-13(8-16)19(23)32/h3,5,9-13,16H,2,4,6-8,22H2,1H3,(H2,23,32)(H,26,27,28)/t13-,16-/m1/s1. The van der Waals surface area contributed by atoms with Gasteiger partial charge in [-0.15, -0.1) is 5.10 Å². The summed E-state index contributed by atoms with van der Waals surface area (Å²) in [7, 11) is 1.63. The lowest BCUT2D eigenvalue weighted by atomic mass is 10.1. The van der Waals surface area contributed by atoms with E-state index >= 15 is 0 Å². The van der Waals surface area contributed by atoms with E-state index in [1.807, 2.05) is 6.07 Å². The number of allylic oxidation sites excluding steroid dienone is 1. The van der Waals surface area contributed by atoms with E-state index in [1.54, 1.807) is 36.5 Å². The van der Waals surface area contributed by atoms with Crippen molar-refractivity contribution < 1.29 is 9.53 Å². The normalized spacial score (nSPS) is 18.9. The second-order valence-electron chi connectivity index (χ2n) is 7.71. The maximum Gasteiger partial charge on any atom is 0.225 e.